The summed E-state index contributed by atoms with van der Waals surface area (Å²) in [5.41, 5.74) is 0.630. The summed E-state index contributed by atoms with van der Waals surface area (Å²) in [5, 5.41) is 4.42. The first-order valence-corrected chi connectivity index (χ1v) is 18.1. The van der Waals surface area contributed by atoms with Gasteiger partial charge in [-0.2, -0.15) is 13.2 Å². The Morgan fingerprint density at radius 1 is 0.936 bits per heavy atom. The van der Waals surface area contributed by atoms with Crippen LogP contribution in [0.2, 0.25) is 18.1 Å². The maximum absolute atomic E-state index is 14.5. The highest BCUT2D eigenvalue weighted by molar-refractivity contribution is 6.74. The Bertz CT molecular complexity index is 1570. The Kier molecular flexibility index (Phi) is 12.1. The molecule has 2 atom stereocenters. The first-order valence-electron chi connectivity index (χ1n) is 15.2. The molecule has 9 nitrogen and oxygen atoms in total. The van der Waals surface area contributed by atoms with E-state index in [1.54, 1.807) is 75.5 Å². The average molecular weight is 676 g/mol. The van der Waals surface area contributed by atoms with Gasteiger partial charge in [-0.1, -0.05) is 65.0 Å². The molecule has 2 unspecified atom stereocenters. The van der Waals surface area contributed by atoms with Gasteiger partial charge in [-0.25, -0.2) is 4.79 Å². The topological polar surface area (TPSA) is 108 Å². The number of methoxy groups -OCH3 is 1. The Hall–Kier alpha value is -4.10. The van der Waals surface area contributed by atoms with Crippen molar-refractivity contribution in [3.8, 4) is 17.0 Å². The van der Waals surface area contributed by atoms with Crippen molar-refractivity contribution in [2.75, 3.05) is 12.4 Å². The van der Waals surface area contributed by atoms with Crippen LogP contribution in [0.15, 0.2) is 71.5 Å². The summed E-state index contributed by atoms with van der Waals surface area (Å²) >= 11 is 0. The van der Waals surface area contributed by atoms with Crippen LogP contribution in [0.4, 0.5) is 23.7 Å². The molecule has 0 aliphatic rings. The molecule has 2 aromatic carbocycles. The molecule has 0 saturated heterocycles. The number of carbonyl (C=O) groups excluding carboxylic acids is 2. The number of benzene rings is 2. The largest absolute Gasteiger partial charge is 0.497 e. The fourth-order valence-corrected chi connectivity index (χ4v) is 5.79. The minimum Gasteiger partial charge on any atom is -0.497 e. The third-order valence-electron chi connectivity index (χ3n) is 8.23. The zero-order valence-electron chi connectivity index (χ0n) is 28.0. The van der Waals surface area contributed by atoms with Gasteiger partial charge in [-0.05, 0) is 71.6 Å². The van der Waals surface area contributed by atoms with Crippen LogP contribution in [-0.2, 0) is 27.1 Å². The van der Waals surface area contributed by atoms with Crippen LogP contribution in [0, 0.1) is 5.92 Å². The number of rotatable bonds is 12. The van der Waals surface area contributed by atoms with Crippen molar-refractivity contribution in [1.82, 2.24) is 9.88 Å². The predicted octanol–water partition coefficient (Wildman–Crippen LogP) is 7.37. The number of amides is 2. The van der Waals surface area contributed by atoms with Crippen LogP contribution >= 0.6 is 0 Å². The molecule has 0 radical (unpaired) electrons. The molecule has 256 valence electrons. The van der Waals surface area contributed by atoms with Gasteiger partial charge in [0.05, 0.1) is 18.8 Å². The summed E-state index contributed by atoms with van der Waals surface area (Å²) in [4.78, 5) is 39.8. The summed E-state index contributed by atoms with van der Waals surface area (Å²) in [6, 6.07) is 17.1. The number of nitrogens with one attached hydrogen (secondary N) is 2. The van der Waals surface area contributed by atoms with Crippen molar-refractivity contribution >= 4 is 26.0 Å². The highest BCUT2D eigenvalue weighted by Crippen LogP contribution is 2.41. The van der Waals surface area contributed by atoms with Gasteiger partial charge in [-0.3, -0.25) is 19.5 Å². The first kappa shape index (κ1) is 37.4. The number of carbonyl (C=O) groups is 2. The van der Waals surface area contributed by atoms with E-state index in [4.69, 9.17) is 13.9 Å². The lowest BCUT2D eigenvalue weighted by molar-refractivity contribution is -0.210. The SMILES string of the molecule is COc1ccc(-c2ccc(NC(=O)OCc3ccccc3)c(=O)n2CC(=O)NC(C(C)C)C(O[Si](C)(C)C(C)(C)C)C(F)(F)F)cc1. The molecular formula is C34H44F3N3O6Si. The van der Waals surface area contributed by atoms with Gasteiger partial charge in [0, 0.05) is 0 Å². The van der Waals surface area contributed by atoms with Crippen LogP contribution < -0.4 is 20.9 Å². The molecule has 1 heterocycles. The lowest BCUT2D eigenvalue weighted by Gasteiger charge is -2.42. The van der Waals surface area contributed by atoms with E-state index in [0.29, 0.717) is 17.0 Å². The van der Waals surface area contributed by atoms with Crippen LogP contribution in [0.1, 0.15) is 40.2 Å². The number of pyridine rings is 1. The molecule has 0 fully saturated rings. The van der Waals surface area contributed by atoms with E-state index in [-0.39, 0.29) is 12.3 Å². The minimum absolute atomic E-state index is 0.0406. The summed E-state index contributed by atoms with van der Waals surface area (Å²) in [7, 11) is -1.42. The molecule has 0 bridgehead atoms. The van der Waals surface area contributed by atoms with E-state index >= 15 is 0 Å². The lowest BCUT2D eigenvalue weighted by atomic mass is 9.98. The standard InChI is InChI=1S/C34H44F3N3O6Si/c1-22(2)29(30(34(35,36)37)46-47(7,8)33(3,4)5)39-28(41)20-40-27(24-14-16-25(44-6)17-15-24)19-18-26(31(40)42)38-32(43)45-21-23-12-10-9-11-13-23/h9-19,22,29-30H,20-21H2,1-8H3,(H,38,43)(H,39,41). The molecule has 0 aliphatic heterocycles. The van der Waals surface area contributed by atoms with Gasteiger partial charge < -0.3 is 19.2 Å². The third kappa shape index (κ3) is 9.94. The summed E-state index contributed by atoms with van der Waals surface area (Å²) in [6.45, 7) is 11.4. The second-order valence-electron chi connectivity index (χ2n) is 13.1. The highest BCUT2D eigenvalue weighted by Gasteiger charge is 2.52. The fraction of sp³-hybridized carbons (Fsp3) is 0.441. The minimum atomic E-state index is -4.77. The Labute approximate surface area is 274 Å². The zero-order valence-corrected chi connectivity index (χ0v) is 29.0. The molecule has 0 spiro atoms. The number of ether oxygens (including phenoxy) is 2. The Morgan fingerprint density at radius 2 is 1.55 bits per heavy atom. The van der Waals surface area contributed by atoms with E-state index in [1.165, 1.54) is 19.2 Å². The Balaban J connectivity index is 1.96. The van der Waals surface area contributed by atoms with Crippen LogP contribution in [-0.4, -0.2) is 50.3 Å². The molecule has 2 N–H and O–H groups in total. The van der Waals surface area contributed by atoms with E-state index < -0.39 is 61.7 Å². The van der Waals surface area contributed by atoms with Gasteiger partial charge in [0.15, 0.2) is 14.4 Å². The van der Waals surface area contributed by atoms with E-state index in [1.807, 2.05) is 26.8 Å². The second-order valence-corrected chi connectivity index (χ2v) is 17.9. The maximum atomic E-state index is 14.5. The number of anilines is 1. The number of nitrogens with zero attached hydrogens (tertiary/aromatic N) is 1. The molecule has 47 heavy (non-hydrogen) atoms. The van der Waals surface area contributed by atoms with Gasteiger partial charge >= 0.3 is 12.3 Å². The van der Waals surface area contributed by atoms with Gasteiger partial charge in [-0.15, -0.1) is 0 Å². The Morgan fingerprint density at radius 3 is 2.09 bits per heavy atom. The first-order chi connectivity index (χ1) is 21.8. The normalized spacial score (nSPS) is 13.5. The van der Waals surface area contributed by atoms with Crippen LogP contribution in [0.25, 0.3) is 11.3 Å². The number of halogens is 3. The molecule has 3 rings (SSSR count). The summed E-state index contributed by atoms with van der Waals surface area (Å²) < 4.78 is 60.9. The van der Waals surface area contributed by atoms with Crippen molar-refractivity contribution in [3.05, 3.63) is 82.6 Å². The van der Waals surface area contributed by atoms with E-state index in [2.05, 4.69) is 10.6 Å². The van der Waals surface area contributed by atoms with Gasteiger partial charge in [0.1, 0.15) is 24.6 Å². The van der Waals surface area contributed by atoms with Crippen molar-refractivity contribution in [2.45, 2.75) is 84.2 Å². The van der Waals surface area contributed by atoms with Gasteiger partial charge in [0.2, 0.25) is 5.91 Å². The number of hydrogen-bond donors (Lipinski definition) is 2. The fourth-order valence-electron chi connectivity index (χ4n) is 4.52. The zero-order chi connectivity index (χ0) is 35.2. The van der Waals surface area contributed by atoms with Crippen molar-refractivity contribution in [2.24, 2.45) is 5.92 Å². The predicted molar refractivity (Wildman–Crippen MR) is 178 cm³/mol. The average Bonchev–Trinajstić information content (AvgIpc) is 2.99. The summed E-state index contributed by atoms with van der Waals surface area (Å²) in [5.74, 6) is -0.947. The molecule has 3 aromatic rings. The third-order valence-corrected chi connectivity index (χ3v) is 12.7. The van der Waals surface area contributed by atoms with E-state index in [0.717, 1.165) is 10.1 Å². The molecule has 2 amide bonds. The van der Waals surface area contributed by atoms with Crippen molar-refractivity contribution in [1.29, 1.82) is 0 Å². The highest BCUT2D eigenvalue weighted by atomic mass is 28.4. The number of alkyl halides is 3. The lowest BCUT2D eigenvalue weighted by Crippen LogP contribution is -2.59. The molecular weight excluding hydrogens is 631 g/mol. The molecule has 1 aromatic heterocycles. The van der Waals surface area contributed by atoms with Gasteiger partial charge in [0.25, 0.3) is 5.56 Å². The quantitative estimate of drug-likeness (QED) is 0.194. The van der Waals surface area contributed by atoms with E-state index in [9.17, 15) is 27.6 Å². The van der Waals surface area contributed by atoms with Crippen LogP contribution in [0.3, 0.4) is 0 Å². The summed E-state index contributed by atoms with van der Waals surface area (Å²) in [6.07, 6.45) is -7.93. The smallest absolute Gasteiger partial charge is 0.415 e. The molecule has 0 saturated carbocycles. The number of aromatic nitrogens is 1. The number of hydrogen-bond acceptors (Lipinski definition) is 6. The van der Waals surface area contributed by atoms with Crippen LogP contribution in [0.5, 0.6) is 5.75 Å². The molecule has 13 heteroatoms. The van der Waals surface area contributed by atoms with Crippen molar-refractivity contribution in [3.63, 3.8) is 0 Å². The maximum Gasteiger partial charge on any atom is 0.415 e. The monoisotopic (exact) mass is 675 g/mol. The second kappa shape index (κ2) is 15.2. The van der Waals surface area contributed by atoms with Crippen molar-refractivity contribution < 1.29 is 36.7 Å². The molecule has 0 aliphatic carbocycles.